The number of carboxylic acids is 1. The largest absolute Gasteiger partial charge is 0.478 e. The highest BCUT2D eigenvalue weighted by molar-refractivity contribution is 6.30. The van der Waals surface area contributed by atoms with Crippen molar-refractivity contribution in [3.8, 4) is 11.1 Å². The normalized spacial score (nSPS) is 18.6. The van der Waals surface area contributed by atoms with E-state index in [0.29, 0.717) is 17.4 Å². The second-order valence-electron chi connectivity index (χ2n) is 10.1. The molecule has 1 N–H and O–H groups in total. The zero-order chi connectivity index (χ0) is 24.0. The van der Waals surface area contributed by atoms with E-state index in [4.69, 9.17) is 11.6 Å². The number of hydrogen-bond acceptors (Lipinski definition) is 1. The third kappa shape index (κ3) is 5.48. The monoisotopic (exact) mass is 468 g/mol. The van der Waals surface area contributed by atoms with Gasteiger partial charge in [0, 0.05) is 10.4 Å². The van der Waals surface area contributed by atoms with Crippen molar-refractivity contribution >= 4 is 17.6 Å². The van der Waals surface area contributed by atoms with Crippen molar-refractivity contribution in [2.75, 3.05) is 0 Å². The predicted molar refractivity (Wildman–Crippen MR) is 140 cm³/mol. The van der Waals surface area contributed by atoms with Crippen LogP contribution in [0.5, 0.6) is 0 Å². The lowest BCUT2D eigenvalue weighted by Gasteiger charge is -2.38. The molecule has 2 aromatic carbocycles. The van der Waals surface area contributed by atoms with Gasteiger partial charge in [-0.05, 0) is 71.2 Å². The average Bonchev–Trinajstić information content (AvgIpc) is 3.07. The minimum atomic E-state index is -0.850. The molecule has 0 heterocycles. The summed E-state index contributed by atoms with van der Waals surface area (Å²) in [6.07, 6.45) is 11.8. The number of carbonyl (C=O) groups is 1. The maximum atomic E-state index is 12.0. The molecule has 3 heteroatoms. The molecule has 0 radical (unpaired) electrons. The van der Waals surface area contributed by atoms with Crippen LogP contribution in [-0.2, 0) is 5.41 Å². The van der Waals surface area contributed by atoms with E-state index >= 15 is 0 Å². The summed E-state index contributed by atoms with van der Waals surface area (Å²) in [5.41, 5.74) is 5.18. The van der Waals surface area contributed by atoms with Crippen LogP contribution in [0.1, 0.15) is 113 Å². The summed E-state index contributed by atoms with van der Waals surface area (Å²) in [5.74, 6) is 0.372. The maximum Gasteiger partial charge on any atom is 0.335 e. The van der Waals surface area contributed by atoms with E-state index in [1.807, 2.05) is 18.2 Å². The van der Waals surface area contributed by atoms with Crippen molar-refractivity contribution in [2.24, 2.45) is 11.8 Å². The Morgan fingerprint density at radius 2 is 1.36 bits per heavy atom. The minimum Gasteiger partial charge on any atom is -0.478 e. The van der Waals surface area contributed by atoms with Crippen molar-refractivity contribution in [1.29, 1.82) is 0 Å². The Labute approximate surface area is 205 Å². The van der Waals surface area contributed by atoms with Crippen LogP contribution in [0, 0.1) is 11.8 Å². The quantitative estimate of drug-likeness (QED) is 0.317. The van der Waals surface area contributed by atoms with Crippen LogP contribution < -0.4 is 0 Å². The molecule has 0 aromatic heterocycles. The van der Waals surface area contributed by atoms with Gasteiger partial charge >= 0.3 is 5.97 Å². The molecule has 2 unspecified atom stereocenters. The molecule has 0 spiro atoms. The lowest BCUT2D eigenvalue weighted by Crippen LogP contribution is -2.31. The van der Waals surface area contributed by atoms with E-state index in [9.17, 15) is 9.90 Å². The van der Waals surface area contributed by atoms with Gasteiger partial charge in [0.2, 0.25) is 0 Å². The van der Waals surface area contributed by atoms with Crippen molar-refractivity contribution in [3.63, 3.8) is 0 Å². The molecule has 0 saturated carbocycles. The zero-order valence-corrected chi connectivity index (χ0v) is 21.7. The fourth-order valence-electron chi connectivity index (χ4n) is 6.00. The Balaban J connectivity index is 2.21. The molecule has 0 aliphatic heterocycles. The van der Waals surface area contributed by atoms with Crippen molar-refractivity contribution in [2.45, 2.75) is 97.3 Å². The first kappa shape index (κ1) is 25.8. The molecule has 0 saturated heterocycles. The van der Waals surface area contributed by atoms with E-state index in [2.05, 4.69) is 39.8 Å². The molecule has 0 bridgehead atoms. The number of fused-ring (bicyclic) bond motifs is 3. The van der Waals surface area contributed by atoms with Gasteiger partial charge in [-0.3, -0.25) is 0 Å². The van der Waals surface area contributed by atoms with Crippen molar-refractivity contribution in [1.82, 2.24) is 0 Å². The van der Waals surface area contributed by atoms with E-state index in [1.54, 1.807) is 6.07 Å². The van der Waals surface area contributed by atoms with E-state index in [1.165, 1.54) is 60.8 Å². The van der Waals surface area contributed by atoms with Crippen LogP contribution in [0.2, 0.25) is 5.02 Å². The van der Waals surface area contributed by atoms with E-state index < -0.39 is 5.97 Å². The van der Waals surface area contributed by atoms with Crippen LogP contribution in [0.3, 0.4) is 0 Å². The van der Waals surface area contributed by atoms with Crippen LogP contribution in [0.4, 0.5) is 0 Å². The van der Waals surface area contributed by atoms with Crippen molar-refractivity contribution in [3.05, 3.63) is 58.1 Å². The second kappa shape index (κ2) is 11.6. The molecule has 2 atom stereocenters. The number of carboxylic acid groups (broad SMARTS) is 1. The standard InChI is InChI=1S/C30H41ClO2/c1-5-9-11-21(7-3)19-30(20-22(8-4)12-10-6-2)27-17-23(29(32)33)13-15-25(27)26-16-14-24(31)18-28(26)30/h13-18,21-22H,5-12,19-20H2,1-4H3,(H,32,33). The first-order valence-corrected chi connectivity index (χ1v) is 13.5. The highest BCUT2D eigenvalue weighted by Crippen LogP contribution is 2.56. The summed E-state index contributed by atoms with van der Waals surface area (Å²) < 4.78 is 0. The lowest BCUT2D eigenvalue weighted by atomic mass is 9.65. The Morgan fingerprint density at radius 1 is 0.848 bits per heavy atom. The molecule has 33 heavy (non-hydrogen) atoms. The Kier molecular flexibility index (Phi) is 9.04. The summed E-state index contributed by atoms with van der Waals surface area (Å²) in [6.45, 7) is 9.15. The maximum absolute atomic E-state index is 12.0. The fraction of sp³-hybridized carbons (Fsp3) is 0.567. The topological polar surface area (TPSA) is 37.3 Å². The van der Waals surface area contributed by atoms with Gasteiger partial charge < -0.3 is 5.11 Å². The van der Waals surface area contributed by atoms with Crippen LogP contribution in [-0.4, -0.2) is 11.1 Å². The molecular weight excluding hydrogens is 428 g/mol. The number of hydrogen-bond donors (Lipinski definition) is 1. The zero-order valence-electron chi connectivity index (χ0n) is 20.9. The third-order valence-electron chi connectivity index (χ3n) is 7.93. The first-order valence-electron chi connectivity index (χ1n) is 13.1. The molecular formula is C30H41ClO2. The molecule has 180 valence electrons. The van der Waals surface area contributed by atoms with Gasteiger partial charge in [0.25, 0.3) is 0 Å². The highest BCUT2D eigenvalue weighted by Gasteiger charge is 2.45. The first-order chi connectivity index (χ1) is 15.9. The smallest absolute Gasteiger partial charge is 0.335 e. The number of unbranched alkanes of at least 4 members (excludes halogenated alkanes) is 2. The lowest BCUT2D eigenvalue weighted by molar-refractivity contribution is 0.0696. The molecule has 2 nitrogen and oxygen atoms in total. The number of benzene rings is 2. The van der Waals surface area contributed by atoms with Gasteiger partial charge in [0.1, 0.15) is 0 Å². The van der Waals surface area contributed by atoms with Crippen LogP contribution in [0.25, 0.3) is 11.1 Å². The molecule has 0 amide bonds. The van der Waals surface area contributed by atoms with E-state index in [-0.39, 0.29) is 5.41 Å². The summed E-state index contributed by atoms with van der Waals surface area (Å²) in [5, 5.41) is 10.6. The minimum absolute atomic E-state index is 0.177. The molecule has 1 aliphatic rings. The average molecular weight is 469 g/mol. The van der Waals surface area contributed by atoms with Gasteiger partial charge in [-0.15, -0.1) is 0 Å². The third-order valence-corrected chi connectivity index (χ3v) is 8.17. The Hall–Kier alpha value is -1.80. The molecule has 2 aromatic rings. The molecule has 0 fully saturated rings. The summed E-state index contributed by atoms with van der Waals surface area (Å²) >= 11 is 6.59. The molecule has 1 aliphatic carbocycles. The van der Waals surface area contributed by atoms with Crippen LogP contribution >= 0.6 is 11.6 Å². The Bertz CT molecular complexity index is 930. The van der Waals surface area contributed by atoms with E-state index in [0.717, 1.165) is 30.7 Å². The van der Waals surface area contributed by atoms with Crippen molar-refractivity contribution < 1.29 is 9.90 Å². The van der Waals surface area contributed by atoms with Gasteiger partial charge in [0.05, 0.1) is 5.56 Å². The fourth-order valence-corrected chi connectivity index (χ4v) is 6.17. The SMILES string of the molecule is CCCCC(CC)CC1(CC(CC)CCCC)c2cc(Cl)ccc2-c2ccc(C(=O)O)cc21. The number of rotatable bonds is 13. The number of aromatic carboxylic acids is 1. The summed E-state index contributed by atoms with van der Waals surface area (Å²) in [6, 6.07) is 12.1. The Morgan fingerprint density at radius 3 is 1.85 bits per heavy atom. The summed E-state index contributed by atoms with van der Waals surface area (Å²) in [7, 11) is 0. The van der Waals surface area contributed by atoms with Gasteiger partial charge in [-0.25, -0.2) is 4.79 Å². The molecule has 3 rings (SSSR count). The predicted octanol–water partition coefficient (Wildman–Crippen LogP) is 9.52. The van der Waals surface area contributed by atoms with Crippen LogP contribution in [0.15, 0.2) is 36.4 Å². The van der Waals surface area contributed by atoms with Gasteiger partial charge in [-0.1, -0.05) is 103 Å². The highest BCUT2D eigenvalue weighted by atomic mass is 35.5. The summed E-state index contributed by atoms with van der Waals surface area (Å²) in [4.78, 5) is 12.0. The second-order valence-corrected chi connectivity index (χ2v) is 10.5. The van der Waals surface area contributed by atoms with Gasteiger partial charge in [0.15, 0.2) is 0 Å². The van der Waals surface area contributed by atoms with Gasteiger partial charge in [-0.2, -0.15) is 0 Å². The number of halogens is 1.